The Kier molecular flexibility index (Phi) is 5.37. The summed E-state index contributed by atoms with van der Waals surface area (Å²) in [6.07, 6.45) is 12.7. The third-order valence-corrected chi connectivity index (χ3v) is 6.58. The Balaban J connectivity index is 1.64. The summed E-state index contributed by atoms with van der Waals surface area (Å²) >= 11 is 0. The highest BCUT2D eigenvalue weighted by atomic mass is 14.5. The molecule has 20 heavy (non-hydrogen) atoms. The molecule has 0 bridgehead atoms. The molecule has 116 valence electrons. The van der Waals surface area contributed by atoms with E-state index in [4.69, 9.17) is 0 Å². The van der Waals surface area contributed by atoms with Crippen LogP contribution in [0.3, 0.4) is 0 Å². The van der Waals surface area contributed by atoms with E-state index in [-0.39, 0.29) is 0 Å². The Bertz CT molecular complexity index is 325. The minimum atomic E-state index is 0.692. The van der Waals surface area contributed by atoms with E-state index in [2.05, 4.69) is 34.3 Å². The molecule has 2 aliphatic rings. The molecule has 0 saturated heterocycles. The quantitative estimate of drug-likeness (QED) is 0.415. The van der Waals surface area contributed by atoms with Crippen LogP contribution in [0.4, 0.5) is 0 Å². The highest BCUT2D eigenvalue weighted by Crippen LogP contribution is 2.54. The molecule has 2 saturated carbocycles. The molecule has 0 aliphatic heterocycles. The van der Waals surface area contributed by atoms with Gasteiger partial charge in [-0.05, 0) is 67.6 Å². The van der Waals surface area contributed by atoms with Crippen LogP contribution in [0.1, 0.15) is 85.5 Å². The number of hydrogen-bond donors (Lipinski definition) is 0. The highest BCUT2D eigenvalue weighted by molar-refractivity contribution is 5.12. The highest BCUT2D eigenvalue weighted by Gasteiger charge is 2.43. The van der Waals surface area contributed by atoms with E-state index in [1.54, 1.807) is 5.57 Å². The molecule has 0 aromatic rings. The van der Waals surface area contributed by atoms with Crippen molar-refractivity contribution in [1.29, 1.82) is 0 Å². The largest absolute Gasteiger partial charge is 0.0996 e. The molecule has 0 heteroatoms. The normalized spacial score (nSPS) is 37.3. The van der Waals surface area contributed by atoms with Gasteiger partial charge in [0.2, 0.25) is 0 Å². The van der Waals surface area contributed by atoms with E-state index in [0.717, 1.165) is 23.7 Å². The summed E-state index contributed by atoms with van der Waals surface area (Å²) in [6.45, 7) is 14.0. The maximum atomic E-state index is 4.40. The topological polar surface area (TPSA) is 0 Å². The number of hydrogen-bond acceptors (Lipinski definition) is 0. The fourth-order valence-electron chi connectivity index (χ4n) is 4.48. The summed E-state index contributed by atoms with van der Waals surface area (Å²) in [5.74, 6) is 3.77. The number of allylic oxidation sites excluding steroid dienone is 1. The zero-order valence-electron chi connectivity index (χ0n) is 14.4. The molecule has 0 amide bonds. The minimum absolute atomic E-state index is 0.692. The van der Waals surface area contributed by atoms with Gasteiger partial charge in [-0.3, -0.25) is 0 Å². The molecule has 0 radical (unpaired) electrons. The molecule has 0 N–H and O–H groups in total. The first kappa shape index (κ1) is 16.1. The van der Waals surface area contributed by atoms with Crippen molar-refractivity contribution in [2.75, 3.05) is 0 Å². The smallest absolute Gasteiger partial charge is 0.0174 e. The molecule has 0 heterocycles. The van der Waals surface area contributed by atoms with E-state index in [1.807, 2.05) is 0 Å². The zero-order valence-corrected chi connectivity index (χ0v) is 14.4. The van der Waals surface area contributed by atoms with E-state index >= 15 is 0 Å². The van der Waals surface area contributed by atoms with Crippen molar-refractivity contribution in [2.45, 2.75) is 85.5 Å². The summed E-state index contributed by atoms with van der Waals surface area (Å²) in [5.41, 5.74) is 2.26. The Morgan fingerprint density at radius 3 is 2.60 bits per heavy atom. The molecular formula is C20H36. The second-order valence-electron chi connectivity index (χ2n) is 8.18. The van der Waals surface area contributed by atoms with Crippen LogP contribution >= 0.6 is 0 Å². The summed E-state index contributed by atoms with van der Waals surface area (Å²) in [7, 11) is 0. The average Bonchev–Trinajstić information content (AvgIpc) is 3.16. The predicted molar refractivity (Wildman–Crippen MR) is 89.8 cm³/mol. The average molecular weight is 277 g/mol. The maximum absolute atomic E-state index is 4.40. The van der Waals surface area contributed by atoms with E-state index in [0.29, 0.717) is 5.41 Å². The first-order valence-corrected chi connectivity index (χ1v) is 9.17. The molecule has 2 fully saturated rings. The van der Waals surface area contributed by atoms with Crippen LogP contribution in [0, 0.1) is 29.1 Å². The summed E-state index contributed by atoms with van der Waals surface area (Å²) in [6, 6.07) is 0. The molecule has 5 atom stereocenters. The Morgan fingerprint density at radius 2 is 2.05 bits per heavy atom. The van der Waals surface area contributed by atoms with Crippen molar-refractivity contribution in [3.63, 3.8) is 0 Å². The molecule has 0 aromatic carbocycles. The van der Waals surface area contributed by atoms with Crippen molar-refractivity contribution >= 4 is 0 Å². The van der Waals surface area contributed by atoms with Crippen molar-refractivity contribution in [3.05, 3.63) is 12.2 Å². The van der Waals surface area contributed by atoms with Crippen molar-refractivity contribution < 1.29 is 0 Å². The summed E-state index contributed by atoms with van der Waals surface area (Å²) in [4.78, 5) is 0. The second kappa shape index (κ2) is 6.67. The van der Waals surface area contributed by atoms with Gasteiger partial charge in [0.15, 0.2) is 0 Å². The fraction of sp³-hybridized carbons (Fsp3) is 0.900. The molecule has 5 unspecified atom stereocenters. The Morgan fingerprint density at radius 1 is 1.30 bits per heavy atom. The van der Waals surface area contributed by atoms with Crippen LogP contribution in [0.5, 0.6) is 0 Å². The van der Waals surface area contributed by atoms with Crippen LogP contribution in [0.2, 0.25) is 0 Å². The summed E-state index contributed by atoms with van der Waals surface area (Å²) < 4.78 is 0. The molecule has 2 rings (SSSR count). The molecule has 0 nitrogen and oxygen atoms in total. The van der Waals surface area contributed by atoms with Gasteiger partial charge in [-0.2, -0.15) is 0 Å². The second-order valence-corrected chi connectivity index (χ2v) is 8.18. The standard InChI is InChI=1S/C20H36/c1-6-8-15(3)13-16(4)19-14-17(19)9-10-18-11-12-20(18,5)7-2/h15,17-19H,4,6-14H2,1-3,5H3. The van der Waals surface area contributed by atoms with Gasteiger partial charge in [0.05, 0.1) is 0 Å². The van der Waals surface area contributed by atoms with E-state index < -0.39 is 0 Å². The lowest BCUT2D eigenvalue weighted by atomic mass is 9.58. The van der Waals surface area contributed by atoms with Gasteiger partial charge in [0, 0.05) is 0 Å². The van der Waals surface area contributed by atoms with E-state index in [9.17, 15) is 0 Å². The Hall–Kier alpha value is -0.260. The van der Waals surface area contributed by atoms with Crippen molar-refractivity contribution in [3.8, 4) is 0 Å². The van der Waals surface area contributed by atoms with Crippen LogP contribution in [-0.4, -0.2) is 0 Å². The third kappa shape index (κ3) is 3.68. The lowest BCUT2D eigenvalue weighted by Crippen LogP contribution is -2.36. The first-order chi connectivity index (χ1) is 9.50. The predicted octanol–water partition coefficient (Wildman–Crippen LogP) is 6.61. The zero-order chi connectivity index (χ0) is 14.8. The maximum Gasteiger partial charge on any atom is -0.0174 e. The first-order valence-electron chi connectivity index (χ1n) is 9.17. The van der Waals surface area contributed by atoms with Gasteiger partial charge in [0.25, 0.3) is 0 Å². The SMILES string of the molecule is C=C(CC(C)CCC)C1CC1CCC1CCC1(C)CC. The molecule has 0 aromatic heterocycles. The lowest BCUT2D eigenvalue weighted by Gasteiger charge is -2.47. The third-order valence-electron chi connectivity index (χ3n) is 6.58. The Labute approximate surface area is 127 Å². The van der Waals surface area contributed by atoms with E-state index in [1.165, 1.54) is 57.8 Å². The van der Waals surface area contributed by atoms with Crippen LogP contribution in [0.15, 0.2) is 12.2 Å². The van der Waals surface area contributed by atoms with Crippen LogP contribution in [0.25, 0.3) is 0 Å². The molecule has 0 spiro atoms. The van der Waals surface area contributed by atoms with Gasteiger partial charge in [-0.15, -0.1) is 0 Å². The van der Waals surface area contributed by atoms with Crippen LogP contribution in [-0.2, 0) is 0 Å². The molecular weight excluding hydrogens is 240 g/mol. The van der Waals surface area contributed by atoms with Gasteiger partial charge in [-0.1, -0.05) is 59.1 Å². The lowest BCUT2D eigenvalue weighted by molar-refractivity contribution is 0.0364. The van der Waals surface area contributed by atoms with Crippen molar-refractivity contribution in [2.24, 2.45) is 29.1 Å². The number of rotatable bonds is 9. The fourth-order valence-corrected chi connectivity index (χ4v) is 4.48. The minimum Gasteiger partial charge on any atom is -0.0996 e. The monoisotopic (exact) mass is 276 g/mol. The van der Waals surface area contributed by atoms with Gasteiger partial charge < -0.3 is 0 Å². The van der Waals surface area contributed by atoms with Crippen molar-refractivity contribution in [1.82, 2.24) is 0 Å². The van der Waals surface area contributed by atoms with Crippen LogP contribution < -0.4 is 0 Å². The molecule has 2 aliphatic carbocycles. The van der Waals surface area contributed by atoms with Gasteiger partial charge in [-0.25, -0.2) is 0 Å². The van der Waals surface area contributed by atoms with Gasteiger partial charge >= 0.3 is 0 Å². The van der Waals surface area contributed by atoms with Gasteiger partial charge in [0.1, 0.15) is 0 Å². The summed E-state index contributed by atoms with van der Waals surface area (Å²) in [5, 5.41) is 0.